The van der Waals surface area contributed by atoms with Gasteiger partial charge < -0.3 is 10.4 Å². The maximum absolute atomic E-state index is 12.6. The lowest BCUT2D eigenvalue weighted by Gasteiger charge is -2.17. The van der Waals surface area contributed by atoms with Crippen molar-refractivity contribution >= 4 is 27.8 Å². The third kappa shape index (κ3) is 4.44. The summed E-state index contributed by atoms with van der Waals surface area (Å²) >= 11 is 3.36. The molecule has 1 aromatic carbocycles. The molecule has 1 atom stereocenters. The third-order valence-electron chi connectivity index (χ3n) is 3.66. The highest BCUT2D eigenvalue weighted by molar-refractivity contribution is 9.10. The van der Waals surface area contributed by atoms with Crippen molar-refractivity contribution < 1.29 is 14.7 Å². The lowest BCUT2D eigenvalue weighted by Crippen LogP contribution is -2.31. The van der Waals surface area contributed by atoms with Gasteiger partial charge >= 0.3 is 5.97 Å². The first-order valence-corrected chi connectivity index (χ1v) is 8.39. The van der Waals surface area contributed by atoms with Crippen LogP contribution in [-0.2, 0) is 11.8 Å². The van der Waals surface area contributed by atoms with Gasteiger partial charge in [-0.1, -0.05) is 41.9 Å². The van der Waals surface area contributed by atoms with Gasteiger partial charge in [-0.2, -0.15) is 5.10 Å². The minimum atomic E-state index is -0.979. The fourth-order valence-electron chi connectivity index (χ4n) is 2.37. The summed E-state index contributed by atoms with van der Waals surface area (Å²) in [5.74, 6) is -1.12. The highest BCUT2D eigenvalue weighted by atomic mass is 79.9. The predicted molar refractivity (Wildman–Crippen MR) is 93.9 cm³/mol. The third-order valence-corrected chi connectivity index (χ3v) is 4.15. The van der Waals surface area contributed by atoms with Crippen LogP contribution in [0, 0.1) is 0 Å². The Kier molecular flexibility index (Phi) is 5.77. The van der Waals surface area contributed by atoms with Gasteiger partial charge in [0.15, 0.2) is 0 Å². The Bertz CT molecular complexity index is 755. The van der Waals surface area contributed by atoms with Crippen LogP contribution in [0.25, 0.3) is 0 Å². The Morgan fingerprint density at radius 3 is 2.58 bits per heavy atom. The summed E-state index contributed by atoms with van der Waals surface area (Å²) in [4.78, 5) is 23.7. The van der Waals surface area contributed by atoms with E-state index in [4.69, 9.17) is 5.11 Å². The summed E-state index contributed by atoms with van der Waals surface area (Å²) in [5.41, 5.74) is 1.95. The van der Waals surface area contributed by atoms with Gasteiger partial charge in [-0.15, -0.1) is 0 Å². The van der Waals surface area contributed by atoms with Gasteiger partial charge in [0.25, 0.3) is 5.91 Å². The van der Waals surface area contributed by atoms with E-state index < -0.39 is 12.0 Å². The largest absolute Gasteiger partial charge is 0.481 e. The number of nitrogens with one attached hydrogen (secondary N) is 1. The molecule has 0 aliphatic carbocycles. The normalized spacial score (nSPS) is 12.2. The molecular formula is C17H20BrN3O3. The fourth-order valence-corrected chi connectivity index (χ4v) is 2.78. The van der Waals surface area contributed by atoms with Crippen molar-refractivity contribution in [2.45, 2.75) is 32.2 Å². The molecule has 0 aliphatic rings. The molecule has 1 amide bonds. The molecule has 2 aromatic rings. The number of nitrogens with zero attached hydrogens (tertiary/aromatic N) is 2. The van der Waals surface area contributed by atoms with Crippen LogP contribution in [0.4, 0.5) is 0 Å². The molecule has 0 spiro atoms. The molecule has 0 saturated heterocycles. The molecule has 0 aliphatic heterocycles. The van der Waals surface area contributed by atoms with Gasteiger partial charge in [-0.05, 0) is 29.7 Å². The molecule has 0 fully saturated rings. The molecule has 2 N–H and O–H groups in total. The molecule has 1 unspecified atom stereocenters. The zero-order valence-corrected chi connectivity index (χ0v) is 15.4. The molecule has 7 heteroatoms. The van der Waals surface area contributed by atoms with Crippen molar-refractivity contribution in [3.05, 3.63) is 51.8 Å². The molecule has 2 rings (SSSR count). The summed E-state index contributed by atoms with van der Waals surface area (Å²) in [7, 11) is 1.70. The number of hydrogen-bond donors (Lipinski definition) is 2. The van der Waals surface area contributed by atoms with E-state index in [9.17, 15) is 9.59 Å². The Hall–Kier alpha value is -2.15. The second-order valence-electron chi connectivity index (χ2n) is 5.91. The number of halogens is 1. The highest BCUT2D eigenvalue weighted by Crippen LogP contribution is 2.22. The number of carboxylic acids is 1. The molecular weight excluding hydrogens is 374 g/mol. The topological polar surface area (TPSA) is 84.2 Å². The summed E-state index contributed by atoms with van der Waals surface area (Å²) in [6.45, 7) is 4.00. The number of carbonyl (C=O) groups excluding carboxylic acids is 1. The van der Waals surface area contributed by atoms with Crippen LogP contribution in [0.1, 0.15) is 54.0 Å². The molecule has 24 heavy (non-hydrogen) atoms. The number of carbonyl (C=O) groups is 2. The van der Waals surface area contributed by atoms with E-state index >= 15 is 0 Å². The summed E-state index contributed by atoms with van der Waals surface area (Å²) in [5, 5.41) is 16.3. The molecule has 128 valence electrons. The molecule has 6 nitrogen and oxygen atoms in total. The average Bonchev–Trinajstić information content (AvgIpc) is 2.88. The number of aliphatic carboxylic acids is 1. The van der Waals surface area contributed by atoms with Crippen molar-refractivity contribution in [2.75, 3.05) is 0 Å². The van der Waals surface area contributed by atoms with Gasteiger partial charge in [-0.3, -0.25) is 14.3 Å². The molecule has 0 saturated carbocycles. The quantitative estimate of drug-likeness (QED) is 0.788. The van der Waals surface area contributed by atoms with E-state index in [1.54, 1.807) is 31.3 Å². The highest BCUT2D eigenvalue weighted by Gasteiger charge is 2.22. The number of aromatic nitrogens is 2. The van der Waals surface area contributed by atoms with Crippen LogP contribution in [-0.4, -0.2) is 26.8 Å². The van der Waals surface area contributed by atoms with Crippen molar-refractivity contribution in [2.24, 2.45) is 7.05 Å². The summed E-state index contributed by atoms with van der Waals surface area (Å²) in [6.07, 6.45) is -0.197. The average molecular weight is 394 g/mol. The van der Waals surface area contributed by atoms with Crippen LogP contribution in [0.15, 0.2) is 34.8 Å². The Morgan fingerprint density at radius 1 is 1.33 bits per heavy atom. The van der Waals surface area contributed by atoms with Crippen LogP contribution in [0.2, 0.25) is 0 Å². The van der Waals surface area contributed by atoms with Crippen molar-refractivity contribution in [1.82, 2.24) is 15.1 Å². The van der Waals surface area contributed by atoms with Crippen LogP contribution < -0.4 is 5.32 Å². The standard InChI is InChI=1S/C17H20BrN3O3/c1-10(2)13-8-15(21(3)20-13)17(24)19-14(9-16(22)23)11-5-4-6-12(18)7-11/h4-8,10,14H,9H2,1-3H3,(H,19,24)(H,22,23). The SMILES string of the molecule is CC(C)c1cc(C(=O)NC(CC(=O)O)c2cccc(Br)c2)n(C)n1. The number of carboxylic acid groups (broad SMARTS) is 1. The number of rotatable bonds is 6. The van der Waals surface area contributed by atoms with E-state index in [1.165, 1.54) is 4.68 Å². The second kappa shape index (κ2) is 7.61. The van der Waals surface area contributed by atoms with Crippen LogP contribution in [0.5, 0.6) is 0 Å². The molecule has 0 radical (unpaired) electrons. The Morgan fingerprint density at radius 2 is 2.04 bits per heavy atom. The monoisotopic (exact) mass is 393 g/mol. The zero-order valence-electron chi connectivity index (χ0n) is 13.8. The lowest BCUT2D eigenvalue weighted by atomic mass is 10.0. The Labute approximate surface area is 149 Å². The molecule has 0 bridgehead atoms. The van der Waals surface area contributed by atoms with Gasteiger partial charge in [0.05, 0.1) is 18.2 Å². The maximum atomic E-state index is 12.6. The van der Waals surface area contributed by atoms with Crippen LogP contribution >= 0.6 is 15.9 Å². The fraction of sp³-hybridized carbons (Fsp3) is 0.353. The number of aryl methyl sites for hydroxylation is 1. The van der Waals surface area contributed by atoms with Gasteiger partial charge in [-0.25, -0.2) is 0 Å². The van der Waals surface area contributed by atoms with Crippen molar-refractivity contribution in [3.8, 4) is 0 Å². The predicted octanol–water partition coefficient (Wildman–Crippen LogP) is 3.25. The first kappa shape index (κ1) is 18.2. The van der Waals surface area contributed by atoms with Crippen molar-refractivity contribution in [1.29, 1.82) is 0 Å². The van der Waals surface area contributed by atoms with E-state index in [0.717, 1.165) is 15.7 Å². The molecule has 1 aromatic heterocycles. The van der Waals surface area contributed by atoms with E-state index in [0.29, 0.717) is 5.69 Å². The number of benzene rings is 1. The molecule has 1 heterocycles. The Balaban J connectivity index is 2.26. The van der Waals surface area contributed by atoms with E-state index in [2.05, 4.69) is 26.3 Å². The minimum Gasteiger partial charge on any atom is -0.481 e. The smallest absolute Gasteiger partial charge is 0.305 e. The maximum Gasteiger partial charge on any atom is 0.305 e. The van der Waals surface area contributed by atoms with Gasteiger partial charge in [0, 0.05) is 11.5 Å². The summed E-state index contributed by atoms with van der Waals surface area (Å²) < 4.78 is 2.34. The van der Waals surface area contributed by atoms with E-state index in [-0.39, 0.29) is 18.2 Å². The van der Waals surface area contributed by atoms with Crippen molar-refractivity contribution in [3.63, 3.8) is 0 Å². The second-order valence-corrected chi connectivity index (χ2v) is 6.83. The first-order valence-electron chi connectivity index (χ1n) is 7.60. The minimum absolute atomic E-state index is 0.197. The number of hydrogen-bond acceptors (Lipinski definition) is 3. The first-order chi connectivity index (χ1) is 11.3. The van der Waals surface area contributed by atoms with Gasteiger partial charge in [0.1, 0.15) is 5.69 Å². The van der Waals surface area contributed by atoms with Gasteiger partial charge in [0.2, 0.25) is 0 Å². The zero-order chi connectivity index (χ0) is 17.9. The van der Waals surface area contributed by atoms with Crippen LogP contribution in [0.3, 0.4) is 0 Å². The number of amides is 1. The van der Waals surface area contributed by atoms with E-state index in [1.807, 2.05) is 19.9 Å². The summed E-state index contributed by atoms with van der Waals surface area (Å²) in [6, 6.07) is 8.36. The lowest BCUT2D eigenvalue weighted by molar-refractivity contribution is -0.137.